The second kappa shape index (κ2) is 7.85. The first-order chi connectivity index (χ1) is 11.4. The largest absolute Gasteiger partial charge is 0.496 e. The molecule has 0 bridgehead atoms. The fourth-order valence-electron chi connectivity index (χ4n) is 2.82. The van der Waals surface area contributed by atoms with Gasteiger partial charge >= 0.3 is 0 Å². The van der Waals surface area contributed by atoms with Crippen molar-refractivity contribution < 1.29 is 9.53 Å². The van der Waals surface area contributed by atoms with E-state index in [0.717, 1.165) is 11.3 Å². The molecule has 1 aromatic carbocycles. The number of thiocarbonyl (C=S) groups is 1. The first kappa shape index (κ1) is 18.5. The lowest BCUT2D eigenvalue weighted by Gasteiger charge is -2.33. The van der Waals surface area contributed by atoms with E-state index < -0.39 is 6.04 Å². The van der Waals surface area contributed by atoms with Crippen LogP contribution in [0.25, 0.3) is 0 Å². The van der Waals surface area contributed by atoms with Crippen LogP contribution in [0.4, 0.5) is 0 Å². The highest BCUT2D eigenvalue weighted by molar-refractivity contribution is 7.80. The third kappa shape index (κ3) is 3.65. The molecule has 1 amide bonds. The summed E-state index contributed by atoms with van der Waals surface area (Å²) in [4.78, 5) is 14.8. The van der Waals surface area contributed by atoms with E-state index in [1.54, 1.807) is 30.2 Å². The van der Waals surface area contributed by atoms with Gasteiger partial charge < -0.3 is 20.3 Å². The van der Waals surface area contributed by atoms with Crippen molar-refractivity contribution in [1.29, 1.82) is 0 Å². The number of hydrogen-bond acceptors (Lipinski definition) is 3. The van der Waals surface area contributed by atoms with Crippen molar-refractivity contribution >= 4 is 34.8 Å². The van der Waals surface area contributed by atoms with Crippen LogP contribution in [0.3, 0.4) is 0 Å². The van der Waals surface area contributed by atoms with Crippen LogP contribution in [0.5, 0.6) is 5.75 Å². The molecule has 0 aliphatic carbocycles. The van der Waals surface area contributed by atoms with Crippen LogP contribution in [0.1, 0.15) is 32.4 Å². The molecule has 5 nitrogen and oxygen atoms in total. The molecule has 2 N–H and O–H groups in total. The molecular formula is C17H22ClN3O2S. The Morgan fingerprint density at radius 2 is 2.04 bits per heavy atom. The summed E-state index contributed by atoms with van der Waals surface area (Å²) in [5, 5.41) is 7.26. The van der Waals surface area contributed by atoms with Gasteiger partial charge in [0.25, 0.3) is 5.91 Å². The Morgan fingerprint density at radius 3 is 2.62 bits per heavy atom. The summed E-state index contributed by atoms with van der Waals surface area (Å²) in [5.74, 6) is 0.617. The smallest absolute Gasteiger partial charge is 0.253 e. The number of carbonyl (C=O) groups excluding carboxylic acids is 1. The summed E-state index contributed by atoms with van der Waals surface area (Å²) in [6.45, 7) is 7.04. The molecule has 1 atom stereocenters. The molecule has 7 heteroatoms. The highest BCUT2D eigenvalue weighted by atomic mass is 35.5. The number of carbonyl (C=O) groups is 1. The number of hydrogen-bond donors (Lipinski definition) is 2. The molecule has 1 aliphatic rings. The normalized spacial score (nSPS) is 17.2. The van der Waals surface area contributed by atoms with Crippen LogP contribution in [-0.4, -0.2) is 36.1 Å². The maximum absolute atomic E-state index is 13.0. The van der Waals surface area contributed by atoms with Crippen molar-refractivity contribution in [2.45, 2.75) is 26.8 Å². The quantitative estimate of drug-likeness (QED) is 0.783. The Morgan fingerprint density at radius 1 is 1.38 bits per heavy atom. The van der Waals surface area contributed by atoms with E-state index in [1.807, 2.05) is 20.8 Å². The number of nitrogens with zero attached hydrogens (tertiary/aromatic N) is 1. The van der Waals surface area contributed by atoms with Gasteiger partial charge in [0.2, 0.25) is 0 Å². The minimum Gasteiger partial charge on any atom is -0.496 e. The van der Waals surface area contributed by atoms with E-state index in [9.17, 15) is 4.79 Å². The molecule has 0 unspecified atom stereocenters. The highest BCUT2D eigenvalue weighted by Crippen LogP contribution is 2.35. The van der Waals surface area contributed by atoms with Crippen LogP contribution in [0.15, 0.2) is 29.5 Å². The number of benzene rings is 1. The van der Waals surface area contributed by atoms with Gasteiger partial charge in [-0.2, -0.15) is 0 Å². The zero-order valence-corrected chi connectivity index (χ0v) is 15.8. The number of methoxy groups -OCH3 is 1. The Kier molecular flexibility index (Phi) is 6.07. The topological polar surface area (TPSA) is 53.6 Å². The number of halogens is 1. The fraction of sp³-hybridized carbons (Fsp3) is 0.412. The number of likely N-dealkylation sites (N-methyl/N-ethyl adjacent to an activating group) is 1. The van der Waals surface area contributed by atoms with Gasteiger partial charge in [-0.1, -0.05) is 11.6 Å². The van der Waals surface area contributed by atoms with Crippen LogP contribution in [0.2, 0.25) is 5.02 Å². The predicted octanol–water partition coefficient (Wildman–Crippen LogP) is 3.01. The maximum Gasteiger partial charge on any atom is 0.253 e. The third-order valence-electron chi connectivity index (χ3n) is 4.05. The summed E-state index contributed by atoms with van der Waals surface area (Å²) in [6.07, 6.45) is 0. The Balaban J connectivity index is 2.57. The molecule has 0 aromatic heterocycles. The van der Waals surface area contributed by atoms with Crippen LogP contribution in [0, 0.1) is 0 Å². The van der Waals surface area contributed by atoms with E-state index in [4.69, 9.17) is 28.6 Å². The average Bonchev–Trinajstić information content (AvgIpc) is 2.55. The molecule has 1 heterocycles. The second-order valence-corrected chi connectivity index (χ2v) is 6.28. The van der Waals surface area contributed by atoms with E-state index >= 15 is 0 Å². The number of allylic oxidation sites excluding steroid dienone is 1. The molecule has 0 saturated heterocycles. The van der Waals surface area contributed by atoms with Crippen LogP contribution < -0.4 is 15.4 Å². The summed E-state index contributed by atoms with van der Waals surface area (Å²) < 4.78 is 5.46. The van der Waals surface area contributed by atoms with Gasteiger partial charge in [-0.25, -0.2) is 0 Å². The molecule has 0 fully saturated rings. The summed E-state index contributed by atoms with van der Waals surface area (Å²) in [5.41, 5.74) is 2.14. The van der Waals surface area contributed by atoms with Gasteiger partial charge in [0.1, 0.15) is 5.75 Å². The lowest BCUT2D eigenvalue weighted by molar-refractivity contribution is -0.127. The number of rotatable bonds is 5. The standard InChI is InChI=1S/C17H22ClN3O2S/c1-5-21(6-2)16(22)14-10(3)19-17(24)20-15(14)12-9-11(18)7-8-13(12)23-4/h7-9,15H,5-6H2,1-4H3,(H2,19,20,24)/t15-/m0/s1. The fourth-order valence-corrected chi connectivity index (χ4v) is 3.27. The van der Waals surface area contributed by atoms with Crippen molar-refractivity contribution in [3.63, 3.8) is 0 Å². The number of nitrogens with one attached hydrogen (secondary N) is 2. The second-order valence-electron chi connectivity index (χ2n) is 5.43. The highest BCUT2D eigenvalue weighted by Gasteiger charge is 2.33. The van der Waals surface area contributed by atoms with Gasteiger partial charge in [-0.3, -0.25) is 4.79 Å². The van der Waals surface area contributed by atoms with E-state index in [1.165, 1.54) is 0 Å². The molecular weight excluding hydrogens is 346 g/mol. The van der Waals surface area contributed by atoms with E-state index in [-0.39, 0.29) is 5.91 Å². The monoisotopic (exact) mass is 367 g/mol. The Labute approximate surface area is 153 Å². The third-order valence-corrected chi connectivity index (χ3v) is 4.51. The molecule has 24 heavy (non-hydrogen) atoms. The summed E-state index contributed by atoms with van der Waals surface area (Å²) in [6, 6.07) is 4.93. The minimum absolute atomic E-state index is 0.0352. The lowest BCUT2D eigenvalue weighted by atomic mass is 9.93. The molecule has 130 valence electrons. The molecule has 1 aliphatic heterocycles. The van der Waals surface area contributed by atoms with Crippen LogP contribution >= 0.6 is 23.8 Å². The molecule has 0 spiro atoms. The zero-order valence-electron chi connectivity index (χ0n) is 14.3. The van der Waals surface area contributed by atoms with Crippen LogP contribution in [-0.2, 0) is 4.79 Å². The van der Waals surface area contributed by atoms with Crippen molar-refractivity contribution in [1.82, 2.24) is 15.5 Å². The van der Waals surface area contributed by atoms with Crippen molar-refractivity contribution in [3.05, 3.63) is 40.1 Å². The molecule has 2 rings (SSSR count). The lowest BCUT2D eigenvalue weighted by Crippen LogP contribution is -2.47. The molecule has 1 aromatic rings. The van der Waals surface area contributed by atoms with Gasteiger partial charge in [0.15, 0.2) is 5.11 Å². The predicted molar refractivity (Wildman–Crippen MR) is 100 cm³/mol. The van der Waals surface area contributed by atoms with Crippen molar-refractivity contribution in [3.8, 4) is 5.75 Å². The number of amides is 1. The van der Waals surface area contributed by atoms with Crippen molar-refractivity contribution in [2.75, 3.05) is 20.2 Å². The van der Waals surface area contributed by atoms with Crippen molar-refractivity contribution in [2.24, 2.45) is 0 Å². The summed E-state index contributed by atoms with van der Waals surface area (Å²) >= 11 is 11.4. The average molecular weight is 368 g/mol. The van der Waals surface area contributed by atoms with Gasteiger partial charge in [0.05, 0.1) is 18.7 Å². The van der Waals surface area contributed by atoms with E-state index in [2.05, 4.69) is 10.6 Å². The zero-order chi connectivity index (χ0) is 17.9. The minimum atomic E-state index is -0.416. The molecule has 0 saturated carbocycles. The Bertz CT molecular complexity index is 686. The first-order valence-corrected chi connectivity index (χ1v) is 8.62. The Hall–Kier alpha value is -1.79. The first-order valence-electron chi connectivity index (χ1n) is 7.83. The SMILES string of the molecule is CCN(CC)C(=O)C1=C(C)NC(=S)N[C@H]1c1cc(Cl)ccc1OC. The van der Waals surface area contributed by atoms with Gasteiger partial charge in [0, 0.05) is 29.4 Å². The number of ether oxygens (including phenoxy) is 1. The van der Waals surface area contributed by atoms with Gasteiger partial charge in [-0.05, 0) is 51.2 Å². The van der Waals surface area contributed by atoms with E-state index in [0.29, 0.717) is 34.5 Å². The van der Waals surface area contributed by atoms with Gasteiger partial charge in [-0.15, -0.1) is 0 Å². The molecule has 0 radical (unpaired) electrons. The maximum atomic E-state index is 13.0. The summed E-state index contributed by atoms with van der Waals surface area (Å²) in [7, 11) is 1.59.